The maximum Gasteiger partial charge on any atom is 0.277 e. The molecule has 2 N–H and O–H groups in total. The van der Waals surface area contributed by atoms with E-state index in [1.54, 1.807) is 24.3 Å². The van der Waals surface area contributed by atoms with Gasteiger partial charge in [0.05, 0.1) is 6.21 Å². The van der Waals surface area contributed by atoms with Crippen LogP contribution < -0.4 is 10.2 Å². The van der Waals surface area contributed by atoms with Gasteiger partial charge in [0, 0.05) is 4.47 Å². The summed E-state index contributed by atoms with van der Waals surface area (Å²) in [5.74, 6) is 0.397. The van der Waals surface area contributed by atoms with Crippen molar-refractivity contribution >= 4 is 28.1 Å². The molecule has 0 radical (unpaired) electrons. The summed E-state index contributed by atoms with van der Waals surface area (Å²) in [5, 5.41) is 13.1. The fourth-order valence-electron chi connectivity index (χ4n) is 1.67. The van der Waals surface area contributed by atoms with Crippen molar-refractivity contribution in [1.82, 2.24) is 5.43 Å². The second kappa shape index (κ2) is 7.61. The lowest BCUT2D eigenvalue weighted by molar-refractivity contribution is -0.123. The molecule has 2 rings (SSSR count). The predicted octanol–water partition coefficient (Wildman–Crippen LogP) is 2.99. The SMILES string of the molecule is Cc1cc(OCC(=O)NN=Cc2cccc(O)c2)ccc1Br. The molecule has 0 atom stereocenters. The molecule has 22 heavy (non-hydrogen) atoms. The molecule has 114 valence electrons. The fraction of sp³-hybridized carbons (Fsp3) is 0.125. The van der Waals surface area contributed by atoms with Crippen LogP contribution in [0.2, 0.25) is 0 Å². The number of ether oxygens (including phenoxy) is 1. The number of hydrogen-bond acceptors (Lipinski definition) is 4. The number of phenols is 1. The standard InChI is InChI=1S/C16H15BrN2O3/c1-11-7-14(5-6-15(11)17)22-10-16(21)19-18-9-12-3-2-4-13(20)8-12/h2-9,20H,10H2,1H3,(H,19,21). The zero-order valence-electron chi connectivity index (χ0n) is 11.9. The van der Waals surface area contributed by atoms with Crippen LogP contribution in [0.5, 0.6) is 11.5 Å². The Morgan fingerprint density at radius 2 is 2.18 bits per heavy atom. The zero-order chi connectivity index (χ0) is 15.9. The van der Waals surface area contributed by atoms with Crippen LogP contribution in [0.4, 0.5) is 0 Å². The number of halogens is 1. The van der Waals surface area contributed by atoms with Crippen molar-refractivity contribution in [3.8, 4) is 11.5 Å². The number of phenolic OH excluding ortho intramolecular Hbond substituents is 1. The van der Waals surface area contributed by atoms with Gasteiger partial charge in [0.25, 0.3) is 5.91 Å². The molecule has 2 aromatic rings. The molecule has 0 heterocycles. The summed E-state index contributed by atoms with van der Waals surface area (Å²) in [6.45, 7) is 1.81. The molecule has 0 fully saturated rings. The summed E-state index contributed by atoms with van der Waals surface area (Å²) in [7, 11) is 0. The number of carbonyl (C=O) groups excluding carboxylic acids is 1. The van der Waals surface area contributed by atoms with Crippen molar-refractivity contribution in [2.75, 3.05) is 6.61 Å². The molecule has 0 spiro atoms. The first-order valence-corrected chi connectivity index (χ1v) is 7.34. The van der Waals surface area contributed by atoms with Crippen LogP contribution in [0.15, 0.2) is 52.0 Å². The van der Waals surface area contributed by atoms with E-state index in [0.29, 0.717) is 11.3 Å². The number of carbonyl (C=O) groups is 1. The first-order valence-electron chi connectivity index (χ1n) is 6.54. The topological polar surface area (TPSA) is 70.9 Å². The molecule has 0 unspecified atom stereocenters. The maximum atomic E-state index is 11.6. The zero-order valence-corrected chi connectivity index (χ0v) is 13.5. The molecule has 0 bridgehead atoms. The highest BCUT2D eigenvalue weighted by atomic mass is 79.9. The monoisotopic (exact) mass is 362 g/mol. The Hall–Kier alpha value is -2.34. The lowest BCUT2D eigenvalue weighted by Gasteiger charge is -2.06. The number of nitrogens with one attached hydrogen (secondary N) is 1. The molecule has 0 saturated heterocycles. The van der Waals surface area contributed by atoms with E-state index in [9.17, 15) is 9.90 Å². The fourth-order valence-corrected chi connectivity index (χ4v) is 1.92. The number of rotatable bonds is 5. The second-order valence-electron chi connectivity index (χ2n) is 4.59. The van der Waals surface area contributed by atoms with Crippen molar-refractivity contribution in [2.24, 2.45) is 5.10 Å². The van der Waals surface area contributed by atoms with Crippen LogP contribution in [0.1, 0.15) is 11.1 Å². The van der Waals surface area contributed by atoms with Crippen LogP contribution in [0, 0.1) is 6.92 Å². The molecule has 0 aliphatic rings. The molecule has 0 aliphatic carbocycles. The number of aromatic hydroxyl groups is 1. The van der Waals surface area contributed by atoms with Gasteiger partial charge < -0.3 is 9.84 Å². The summed E-state index contributed by atoms with van der Waals surface area (Å²) >= 11 is 3.40. The normalized spacial score (nSPS) is 10.6. The summed E-state index contributed by atoms with van der Waals surface area (Å²) in [5.41, 5.74) is 4.07. The summed E-state index contributed by atoms with van der Waals surface area (Å²) in [6.07, 6.45) is 1.45. The van der Waals surface area contributed by atoms with Crippen LogP contribution in [-0.2, 0) is 4.79 Å². The lowest BCUT2D eigenvalue weighted by Crippen LogP contribution is -2.24. The van der Waals surface area contributed by atoms with Crippen molar-refractivity contribution in [1.29, 1.82) is 0 Å². The van der Waals surface area contributed by atoms with Crippen LogP contribution >= 0.6 is 15.9 Å². The smallest absolute Gasteiger partial charge is 0.277 e. The third kappa shape index (κ3) is 4.89. The lowest BCUT2D eigenvalue weighted by atomic mass is 10.2. The number of hydrazone groups is 1. The Labute approximate surface area is 136 Å². The van der Waals surface area contributed by atoms with Gasteiger partial charge in [-0.3, -0.25) is 4.79 Å². The first-order chi connectivity index (χ1) is 10.5. The highest BCUT2D eigenvalue weighted by Crippen LogP contribution is 2.21. The molecule has 5 nitrogen and oxygen atoms in total. The van der Waals surface area contributed by atoms with E-state index >= 15 is 0 Å². The Morgan fingerprint density at radius 1 is 1.36 bits per heavy atom. The Balaban J connectivity index is 1.81. The number of hydrogen-bond donors (Lipinski definition) is 2. The van der Waals surface area contributed by atoms with E-state index in [1.807, 2.05) is 19.1 Å². The first kappa shape index (κ1) is 16.0. The molecular formula is C16H15BrN2O3. The van der Waals surface area contributed by atoms with Gasteiger partial charge in [-0.2, -0.15) is 5.10 Å². The Kier molecular flexibility index (Phi) is 5.55. The minimum Gasteiger partial charge on any atom is -0.508 e. The maximum absolute atomic E-state index is 11.6. The largest absolute Gasteiger partial charge is 0.508 e. The molecule has 6 heteroatoms. The van der Waals surface area contributed by atoms with Gasteiger partial charge >= 0.3 is 0 Å². The summed E-state index contributed by atoms with van der Waals surface area (Å²) in [6, 6.07) is 12.0. The van der Waals surface area contributed by atoms with Crippen molar-refractivity contribution in [2.45, 2.75) is 6.92 Å². The van der Waals surface area contributed by atoms with Gasteiger partial charge in [-0.1, -0.05) is 28.1 Å². The quantitative estimate of drug-likeness (QED) is 0.634. The van der Waals surface area contributed by atoms with Crippen LogP contribution in [0.25, 0.3) is 0 Å². The number of amides is 1. The third-order valence-corrected chi connectivity index (χ3v) is 3.66. The summed E-state index contributed by atoms with van der Waals surface area (Å²) < 4.78 is 6.36. The van der Waals surface area contributed by atoms with Crippen LogP contribution in [0.3, 0.4) is 0 Å². The highest BCUT2D eigenvalue weighted by molar-refractivity contribution is 9.10. The molecule has 0 saturated carbocycles. The van der Waals surface area contributed by atoms with E-state index in [2.05, 4.69) is 26.5 Å². The Bertz CT molecular complexity index is 702. The molecular weight excluding hydrogens is 348 g/mol. The van der Waals surface area contributed by atoms with Crippen LogP contribution in [-0.4, -0.2) is 23.8 Å². The van der Waals surface area contributed by atoms with Gasteiger partial charge in [0.2, 0.25) is 0 Å². The van der Waals surface area contributed by atoms with E-state index in [-0.39, 0.29) is 18.3 Å². The van der Waals surface area contributed by atoms with Crippen molar-refractivity contribution < 1.29 is 14.6 Å². The highest BCUT2D eigenvalue weighted by Gasteiger charge is 2.03. The average molecular weight is 363 g/mol. The van der Waals surface area contributed by atoms with E-state index in [1.165, 1.54) is 12.3 Å². The van der Waals surface area contributed by atoms with Gasteiger partial charge in [0.1, 0.15) is 11.5 Å². The van der Waals surface area contributed by atoms with E-state index in [4.69, 9.17) is 4.74 Å². The molecule has 0 aliphatic heterocycles. The van der Waals surface area contributed by atoms with Gasteiger partial charge in [0.15, 0.2) is 6.61 Å². The van der Waals surface area contributed by atoms with E-state index < -0.39 is 0 Å². The number of benzene rings is 2. The van der Waals surface area contributed by atoms with Gasteiger partial charge in [-0.25, -0.2) is 5.43 Å². The average Bonchev–Trinajstić information content (AvgIpc) is 2.48. The minimum absolute atomic E-state index is 0.127. The number of aryl methyl sites for hydroxylation is 1. The molecule has 0 aromatic heterocycles. The molecule has 1 amide bonds. The summed E-state index contributed by atoms with van der Waals surface area (Å²) in [4.78, 5) is 11.6. The van der Waals surface area contributed by atoms with Crippen molar-refractivity contribution in [3.63, 3.8) is 0 Å². The van der Waals surface area contributed by atoms with E-state index in [0.717, 1.165) is 10.0 Å². The molecule has 2 aromatic carbocycles. The van der Waals surface area contributed by atoms with Gasteiger partial charge in [-0.15, -0.1) is 0 Å². The third-order valence-electron chi connectivity index (χ3n) is 2.77. The number of nitrogens with zero attached hydrogens (tertiary/aromatic N) is 1. The van der Waals surface area contributed by atoms with Gasteiger partial charge in [-0.05, 0) is 48.4 Å². The van der Waals surface area contributed by atoms with Crippen molar-refractivity contribution in [3.05, 3.63) is 58.1 Å². The minimum atomic E-state index is -0.364. The second-order valence-corrected chi connectivity index (χ2v) is 5.44. The Morgan fingerprint density at radius 3 is 2.91 bits per heavy atom. The predicted molar refractivity (Wildman–Crippen MR) is 88.2 cm³/mol.